The summed E-state index contributed by atoms with van der Waals surface area (Å²) in [5, 5.41) is 12.6. The Labute approximate surface area is 193 Å². The van der Waals surface area contributed by atoms with Gasteiger partial charge in [0.25, 0.3) is 11.8 Å². The zero-order valence-corrected chi connectivity index (χ0v) is 18.1. The van der Waals surface area contributed by atoms with Crippen LogP contribution in [0.5, 0.6) is 0 Å². The van der Waals surface area contributed by atoms with Crippen molar-refractivity contribution < 1.29 is 18.4 Å². The number of halogens is 3. The molecule has 2 atom stereocenters. The maximum Gasteiger partial charge on any atom is 0.298 e. The summed E-state index contributed by atoms with van der Waals surface area (Å²) in [4.78, 5) is 30.0. The van der Waals surface area contributed by atoms with Gasteiger partial charge in [-0.2, -0.15) is 5.26 Å². The zero-order valence-electron chi connectivity index (χ0n) is 17.3. The first-order valence-corrected chi connectivity index (χ1v) is 10.6. The maximum atomic E-state index is 13.4. The molecule has 0 saturated carbocycles. The number of nitrogens with zero attached hydrogens (tertiary/aromatic N) is 3. The standard InChI is InChI=1S/C24H19ClF2N4O2/c25-17-6-3-15(4-7-17)1-2-16-5-8-20-19(11-16)18(9-10-29-20)23(33)30-13-22(32)31-14-24(26,27)21(31)12-28/h1-3,5-11,15,21H,4,13-14H2,(H,30,33)/b2-1+. The molecule has 1 saturated heterocycles. The molecule has 0 radical (unpaired) electrons. The summed E-state index contributed by atoms with van der Waals surface area (Å²) in [6.07, 6.45) is 12.1. The smallest absolute Gasteiger partial charge is 0.298 e. The first-order chi connectivity index (χ1) is 15.8. The van der Waals surface area contributed by atoms with E-state index in [1.165, 1.54) is 18.3 Å². The molecule has 1 aliphatic heterocycles. The van der Waals surface area contributed by atoms with E-state index in [0.717, 1.165) is 21.9 Å². The summed E-state index contributed by atoms with van der Waals surface area (Å²) in [6, 6.07) is 6.66. The van der Waals surface area contributed by atoms with Crippen molar-refractivity contribution in [2.45, 2.75) is 18.4 Å². The van der Waals surface area contributed by atoms with Crippen molar-refractivity contribution in [3.8, 4) is 6.07 Å². The third-order valence-corrected chi connectivity index (χ3v) is 5.85. The number of carbonyl (C=O) groups excluding carboxylic acids is 2. The third kappa shape index (κ3) is 4.78. The number of amides is 2. The summed E-state index contributed by atoms with van der Waals surface area (Å²) in [5.41, 5.74) is 1.78. The molecular weight excluding hydrogens is 450 g/mol. The van der Waals surface area contributed by atoms with Crippen molar-refractivity contribution in [2.75, 3.05) is 13.1 Å². The van der Waals surface area contributed by atoms with E-state index in [1.807, 2.05) is 42.5 Å². The second-order valence-electron chi connectivity index (χ2n) is 7.84. The predicted octanol–water partition coefficient (Wildman–Crippen LogP) is 4.05. The van der Waals surface area contributed by atoms with Crippen LogP contribution in [0.4, 0.5) is 8.78 Å². The molecule has 2 amide bonds. The van der Waals surface area contributed by atoms with Crippen LogP contribution < -0.4 is 5.32 Å². The van der Waals surface area contributed by atoms with Crippen LogP contribution in [0.25, 0.3) is 17.0 Å². The fraction of sp³-hybridized carbons (Fsp3) is 0.250. The van der Waals surface area contributed by atoms with Crippen molar-refractivity contribution >= 4 is 40.4 Å². The van der Waals surface area contributed by atoms with Crippen molar-refractivity contribution in [3.05, 3.63) is 70.9 Å². The number of nitriles is 1. The summed E-state index contributed by atoms with van der Waals surface area (Å²) in [6.45, 7) is -1.31. The maximum absolute atomic E-state index is 13.4. The number of benzene rings is 1. The minimum Gasteiger partial charge on any atom is -0.343 e. The van der Waals surface area contributed by atoms with Gasteiger partial charge in [-0.1, -0.05) is 42.0 Å². The van der Waals surface area contributed by atoms with Crippen LogP contribution in [0, 0.1) is 17.2 Å². The molecule has 1 aromatic carbocycles. The minimum absolute atomic E-state index is 0.219. The van der Waals surface area contributed by atoms with Gasteiger partial charge in [0.1, 0.15) is 0 Å². The molecule has 2 heterocycles. The molecule has 1 aromatic heterocycles. The lowest BCUT2D eigenvalue weighted by Gasteiger charge is -2.43. The molecule has 0 bridgehead atoms. The van der Waals surface area contributed by atoms with Gasteiger partial charge in [0, 0.05) is 16.6 Å². The van der Waals surface area contributed by atoms with E-state index < -0.39 is 36.9 Å². The molecule has 1 N–H and O–H groups in total. The number of hydrogen-bond acceptors (Lipinski definition) is 4. The van der Waals surface area contributed by atoms with Gasteiger partial charge in [0.05, 0.1) is 30.2 Å². The number of alkyl halides is 2. The fourth-order valence-corrected chi connectivity index (χ4v) is 3.88. The van der Waals surface area contributed by atoms with E-state index in [2.05, 4.69) is 10.3 Å². The van der Waals surface area contributed by atoms with Crippen LogP contribution in [0.15, 0.2) is 59.8 Å². The van der Waals surface area contributed by atoms with E-state index in [1.54, 1.807) is 6.07 Å². The molecule has 1 fully saturated rings. The molecule has 33 heavy (non-hydrogen) atoms. The third-order valence-electron chi connectivity index (χ3n) is 5.57. The summed E-state index contributed by atoms with van der Waals surface area (Å²) in [5.74, 6) is -4.28. The second-order valence-corrected chi connectivity index (χ2v) is 8.28. The lowest BCUT2D eigenvalue weighted by Crippen LogP contribution is -2.67. The number of nitrogens with one attached hydrogen (secondary N) is 1. The number of fused-ring (bicyclic) bond motifs is 1. The Morgan fingerprint density at radius 3 is 2.88 bits per heavy atom. The van der Waals surface area contributed by atoms with E-state index in [4.69, 9.17) is 16.9 Å². The van der Waals surface area contributed by atoms with Crippen molar-refractivity contribution in [2.24, 2.45) is 5.92 Å². The lowest BCUT2D eigenvalue weighted by molar-refractivity contribution is -0.180. The first-order valence-electron chi connectivity index (χ1n) is 10.2. The van der Waals surface area contributed by atoms with E-state index in [9.17, 15) is 18.4 Å². The quantitative estimate of drug-likeness (QED) is 0.717. The van der Waals surface area contributed by atoms with E-state index >= 15 is 0 Å². The minimum atomic E-state index is -3.23. The normalized spacial score (nSPS) is 21.4. The average Bonchev–Trinajstić information content (AvgIpc) is 2.80. The number of pyridine rings is 1. The summed E-state index contributed by atoms with van der Waals surface area (Å²) in [7, 11) is 0. The van der Waals surface area contributed by atoms with Crippen LogP contribution in [-0.2, 0) is 4.79 Å². The molecule has 9 heteroatoms. The number of hydrogen-bond donors (Lipinski definition) is 1. The van der Waals surface area contributed by atoms with Gasteiger partial charge in [-0.25, -0.2) is 8.78 Å². The van der Waals surface area contributed by atoms with Gasteiger partial charge in [0.2, 0.25) is 5.91 Å². The molecule has 2 unspecified atom stereocenters. The van der Waals surface area contributed by atoms with Crippen LogP contribution in [0.1, 0.15) is 22.3 Å². The monoisotopic (exact) mass is 468 g/mol. The topological polar surface area (TPSA) is 86.1 Å². The fourth-order valence-electron chi connectivity index (χ4n) is 3.72. The Balaban J connectivity index is 1.46. The highest BCUT2D eigenvalue weighted by Gasteiger charge is 2.57. The van der Waals surface area contributed by atoms with Crippen LogP contribution in [0.3, 0.4) is 0 Å². The molecule has 2 aliphatic rings. The molecule has 6 nitrogen and oxygen atoms in total. The summed E-state index contributed by atoms with van der Waals surface area (Å²) >= 11 is 5.95. The van der Waals surface area contributed by atoms with Crippen LogP contribution in [-0.4, -0.2) is 46.8 Å². The second kappa shape index (κ2) is 9.12. The van der Waals surface area contributed by atoms with Gasteiger partial charge in [-0.3, -0.25) is 14.6 Å². The Morgan fingerprint density at radius 1 is 1.36 bits per heavy atom. The predicted molar refractivity (Wildman–Crippen MR) is 120 cm³/mol. The highest BCUT2D eigenvalue weighted by atomic mass is 35.5. The van der Waals surface area contributed by atoms with Gasteiger partial charge < -0.3 is 10.2 Å². The Hall–Kier alpha value is -3.57. The average molecular weight is 469 g/mol. The number of allylic oxidation sites excluding steroid dienone is 5. The Morgan fingerprint density at radius 2 is 2.18 bits per heavy atom. The first kappa shape index (κ1) is 22.6. The van der Waals surface area contributed by atoms with Crippen LogP contribution in [0.2, 0.25) is 0 Å². The number of carbonyl (C=O) groups is 2. The van der Waals surface area contributed by atoms with Crippen molar-refractivity contribution in [1.29, 1.82) is 5.26 Å². The Kier molecular flexibility index (Phi) is 6.25. The zero-order chi connectivity index (χ0) is 23.6. The van der Waals surface area contributed by atoms with Gasteiger partial charge >= 0.3 is 0 Å². The number of likely N-dealkylation sites (tertiary alicyclic amines) is 1. The van der Waals surface area contributed by atoms with E-state index in [0.29, 0.717) is 16.5 Å². The molecule has 2 aromatic rings. The number of aromatic nitrogens is 1. The molecule has 168 valence electrons. The van der Waals surface area contributed by atoms with Gasteiger partial charge in [0.15, 0.2) is 6.04 Å². The largest absolute Gasteiger partial charge is 0.343 e. The molecule has 1 aliphatic carbocycles. The van der Waals surface area contributed by atoms with Crippen LogP contribution >= 0.6 is 11.6 Å². The molecule has 0 spiro atoms. The summed E-state index contributed by atoms with van der Waals surface area (Å²) < 4.78 is 26.7. The van der Waals surface area contributed by atoms with Crippen molar-refractivity contribution in [1.82, 2.24) is 15.2 Å². The van der Waals surface area contributed by atoms with Gasteiger partial charge in [-0.15, -0.1) is 0 Å². The highest BCUT2D eigenvalue weighted by molar-refractivity contribution is 6.31. The Bertz CT molecular complexity index is 1250. The molecule has 4 rings (SSSR count). The van der Waals surface area contributed by atoms with Crippen molar-refractivity contribution in [3.63, 3.8) is 0 Å². The molecular formula is C24H19ClF2N4O2. The number of rotatable bonds is 5. The SMILES string of the molecule is N#CC1N(C(=O)CNC(=O)c2ccnc3ccc(/C=C/C4C=CC(Cl)=CC4)cc23)CC1(F)F. The lowest BCUT2D eigenvalue weighted by atomic mass is 9.98. The van der Waals surface area contributed by atoms with E-state index in [-0.39, 0.29) is 5.92 Å². The van der Waals surface area contributed by atoms with Gasteiger partial charge in [-0.05, 0) is 42.2 Å². The highest BCUT2D eigenvalue weighted by Crippen LogP contribution is 2.34.